The molecule has 1 aromatic heterocycles. The Hall–Kier alpha value is -1.09. The van der Waals surface area contributed by atoms with Gasteiger partial charge in [-0.2, -0.15) is 0 Å². The zero-order valence-electron chi connectivity index (χ0n) is 10.0. The maximum Gasteiger partial charge on any atom is 0.0956 e. The summed E-state index contributed by atoms with van der Waals surface area (Å²) in [5.74, 6) is 0. The van der Waals surface area contributed by atoms with Crippen molar-refractivity contribution in [1.82, 2.24) is 4.98 Å². The van der Waals surface area contributed by atoms with Gasteiger partial charge >= 0.3 is 0 Å². The summed E-state index contributed by atoms with van der Waals surface area (Å²) in [6.45, 7) is 0. The molecule has 19 heavy (non-hydrogen) atoms. The Morgan fingerprint density at radius 1 is 1.05 bits per heavy atom. The summed E-state index contributed by atoms with van der Waals surface area (Å²) in [6.07, 6.45) is 0.739. The van der Waals surface area contributed by atoms with Crippen molar-refractivity contribution in [2.75, 3.05) is 0 Å². The van der Waals surface area contributed by atoms with E-state index in [1.165, 1.54) is 4.70 Å². The lowest BCUT2D eigenvalue weighted by molar-refractivity contribution is 0.911. The molecule has 0 saturated heterocycles. The lowest BCUT2D eigenvalue weighted by Crippen LogP contribution is -1.95. The molecule has 0 aliphatic rings. The molecule has 0 fully saturated rings. The minimum atomic E-state index is -0.0715. The van der Waals surface area contributed by atoms with E-state index in [-0.39, 0.29) is 5.38 Å². The van der Waals surface area contributed by atoms with Gasteiger partial charge in [0.2, 0.25) is 0 Å². The minimum absolute atomic E-state index is 0.0715. The van der Waals surface area contributed by atoms with E-state index in [0.29, 0.717) is 0 Å². The molecule has 0 aliphatic heterocycles. The number of para-hydroxylation sites is 1. The Balaban J connectivity index is 1.82. The molecule has 0 saturated carbocycles. The highest BCUT2D eigenvalue weighted by atomic mass is 35.5. The SMILES string of the molecule is Clc1ccc(C(Cl)Cc2nc3ccccc3s2)cc1. The van der Waals surface area contributed by atoms with E-state index in [2.05, 4.69) is 11.1 Å². The van der Waals surface area contributed by atoms with Crippen molar-refractivity contribution < 1.29 is 0 Å². The van der Waals surface area contributed by atoms with Gasteiger partial charge in [-0.25, -0.2) is 4.98 Å². The molecule has 4 heteroatoms. The van der Waals surface area contributed by atoms with Crippen LogP contribution in [-0.4, -0.2) is 4.98 Å². The minimum Gasteiger partial charge on any atom is -0.241 e. The second-order valence-electron chi connectivity index (χ2n) is 4.30. The van der Waals surface area contributed by atoms with Crippen LogP contribution in [0.1, 0.15) is 15.9 Å². The number of hydrogen-bond donors (Lipinski definition) is 0. The number of hydrogen-bond acceptors (Lipinski definition) is 2. The van der Waals surface area contributed by atoms with Crippen LogP contribution in [0.2, 0.25) is 5.02 Å². The first-order valence-electron chi connectivity index (χ1n) is 5.96. The third kappa shape index (κ3) is 2.92. The molecule has 0 radical (unpaired) electrons. The molecular formula is C15H11Cl2NS. The first kappa shape index (κ1) is 12.9. The normalized spacial score (nSPS) is 12.7. The van der Waals surface area contributed by atoms with E-state index in [0.717, 1.165) is 27.5 Å². The van der Waals surface area contributed by atoms with Crippen LogP contribution < -0.4 is 0 Å². The van der Waals surface area contributed by atoms with Gasteiger partial charge in [0.25, 0.3) is 0 Å². The van der Waals surface area contributed by atoms with Crippen molar-refractivity contribution in [2.45, 2.75) is 11.8 Å². The lowest BCUT2D eigenvalue weighted by atomic mass is 10.1. The van der Waals surface area contributed by atoms with Crippen LogP contribution in [0.25, 0.3) is 10.2 Å². The molecule has 0 N–H and O–H groups in total. The van der Waals surface area contributed by atoms with E-state index in [9.17, 15) is 0 Å². The average molecular weight is 308 g/mol. The highest BCUT2D eigenvalue weighted by Gasteiger charge is 2.12. The lowest BCUT2D eigenvalue weighted by Gasteiger charge is -2.07. The zero-order valence-corrected chi connectivity index (χ0v) is 12.3. The second-order valence-corrected chi connectivity index (χ2v) is 6.38. The van der Waals surface area contributed by atoms with Gasteiger partial charge in [-0.3, -0.25) is 0 Å². The molecule has 0 spiro atoms. The molecule has 1 unspecified atom stereocenters. The number of nitrogens with zero attached hydrogens (tertiary/aromatic N) is 1. The summed E-state index contributed by atoms with van der Waals surface area (Å²) in [7, 11) is 0. The van der Waals surface area contributed by atoms with Crippen molar-refractivity contribution in [2.24, 2.45) is 0 Å². The van der Waals surface area contributed by atoms with Gasteiger partial charge < -0.3 is 0 Å². The first-order chi connectivity index (χ1) is 9.22. The third-order valence-corrected chi connectivity index (χ3v) is 4.64. The fraction of sp³-hybridized carbons (Fsp3) is 0.133. The van der Waals surface area contributed by atoms with Crippen molar-refractivity contribution in [3.05, 3.63) is 64.1 Å². The number of aromatic nitrogens is 1. The van der Waals surface area contributed by atoms with Crippen molar-refractivity contribution in [1.29, 1.82) is 0 Å². The Morgan fingerprint density at radius 3 is 2.53 bits per heavy atom. The largest absolute Gasteiger partial charge is 0.241 e. The summed E-state index contributed by atoms with van der Waals surface area (Å²) in [5.41, 5.74) is 2.12. The summed E-state index contributed by atoms with van der Waals surface area (Å²) in [6, 6.07) is 15.8. The zero-order chi connectivity index (χ0) is 13.2. The number of halogens is 2. The van der Waals surface area contributed by atoms with Crippen LogP contribution in [0.5, 0.6) is 0 Å². The Bertz CT molecular complexity index is 658. The van der Waals surface area contributed by atoms with Crippen LogP contribution in [-0.2, 0) is 6.42 Å². The van der Waals surface area contributed by atoms with Crippen LogP contribution in [0.4, 0.5) is 0 Å². The molecule has 0 bridgehead atoms. The Morgan fingerprint density at radius 2 is 1.79 bits per heavy atom. The van der Waals surface area contributed by atoms with Gasteiger partial charge in [-0.05, 0) is 29.8 Å². The molecule has 1 atom stereocenters. The van der Waals surface area contributed by atoms with Gasteiger partial charge in [-0.1, -0.05) is 35.9 Å². The van der Waals surface area contributed by atoms with E-state index in [4.69, 9.17) is 23.2 Å². The predicted octanol–water partition coefficient (Wildman–Crippen LogP) is 5.47. The first-order valence-corrected chi connectivity index (χ1v) is 7.59. The standard InChI is InChI=1S/C15H11Cl2NS/c16-11-7-5-10(6-8-11)12(17)9-15-18-13-3-1-2-4-14(13)19-15/h1-8,12H,9H2. The fourth-order valence-corrected chi connectivity index (χ4v) is 3.47. The molecule has 1 nitrogen and oxygen atoms in total. The van der Waals surface area contributed by atoms with E-state index in [1.54, 1.807) is 11.3 Å². The molecule has 0 amide bonds. The average Bonchev–Trinajstić information content (AvgIpc) is 2.81. The van der Waals surface area contributed by atoms with Crippen molar-refractivity contribution in [3.63, 3.8) is 0 Å². The Labute approximate surface area is 125 Å². The monoisotopic (exact) mass is 307 g/mol. The Kier molecular flexibility index (Phi) is 3.74. The smallest absolute Gasteiger partial charge is 0.0956 e. The number of rotatable bonds is 3. The van der Waals surface area contributed by atoms with Crippen molar-refractivity contribution in [3.8, 4) is 0 Å². The van der Waals surface area contributed by atoms with Crippen LogP contribution in [0.15, 0.2) is 48.5 Å². The van der Waals surface area contributed by atoms with Gasteiger partial charge in [0.05, 0.1) is 20.6 Å². The summed E-state index contributed by atoms with van der Waals surface area (Å²) in [5, 5.41) is 1.72. The topological polar surface area (TPSA) is 12.9 Å². The molecular weight excluding hydrogens is 297 g/mol. The predicted molar refractivity (Wildman–Crippen MR) is 83.4 cm³/mol. The van der Waals surface area contributed by atoms with E-state index >= 15 is 0 Å². The second kappa shape index (κ2) is 5.49. The van der Waals surface area contributed by atoms with E-state index in [1.807, 2.05) is 42.5 Å². The van der Waals surface area contributed by atoms with Gasteiger partial charge in [-0.15, -0.1) is 22.9 Å². The van der Waals surface area contributed by atoms with Gasteiger partial charge in [0.15, 0.2) is 0 Å². The van der Waals surface area contributed by atoms with E-state index < -0.39 is 0 Å². The number of alkyl halides is 1. The quantitative estimate of drug-likeness (QED) is 0.584. The fourth-order valence-electron chi connectivity index (χ4n) is 1.95. The van der Waals surface area contributed by atoms with Crippen LogP contribution in [0.3, 0.4) is 0 Å². The molecule has 0 aliphatic carbocycles. The van der Waals surface area contributed by atoms with Gasteiger partial charge in [0.1, 0.15) is 0 Å². The van der Waals surface area contributed by atoms with Gasteiger partial charge in [0, 0.05) is 11.4 Å². The molecule has 2 aromatic carbocycles. The highest BCUT2D eigenvalue weighted by Crippen LogP contribution is 2.30. The molecule has 3 rings (SSSR count). The summed E-state index contributed by atoms with van der Waals surface area (Å²) in [4.78, 5) is 4.60. The van der Waals surface area contributed by atoms with Crippen LogP contribution >= 0.6 is 34.5 Å². The number of fused-ring (bicyclic) bond motifs is 1. The van der Waals surface area contributed by atoms with Crippen molar-refractivity contribution >= 4 is 44.8 Å². The molecule has 1 heterocycles. The maximum atomic E-state index is 6.44. The summed E-state index contributed by atoms with van der Waals surface area (Å²) >= 11 is 14.0. The third-order valence-electron chi connectivity index (χ3n) is 2.92. The molecule has 96 valence electrons. The molecule has 3 aromatic rings. The number of thiazole rings is 1. The maximum absolute atomic E-state index is 6.44. The number of benzene rings is 2. The highest BCUT2D eigenvalue weighted by molar-refractivity contribution is 7.18. The summed E-state index contributed by atoms with van der Waals surface area (Å²) < 4.78 is 1.21. The van der Waals surface area contributed by atoms with Crippen LogP contribution in [0, 0.1) is 0 Å².